The van der Waals surface area contributed by atoms with Gasteiger partial charge in [0.15, 0.2) is 0 Å². The zero-order chi connectivity index (χ0) is 24.5. The average Bonchev–Trinajstić information content (AvgIpc) is 2.83. The Kier molecular flexibility index (Phi) is 9.77. The minimum Gasteiger partial charge on any atom is -0.352 e. The fourth-order valence-corrected chi connectivity index (χ4v) is 5.12. The molecule has 0 saturated heterocycles. The Morgan fingerprint density at radius 2 is 1.85 bits per heavy atom. The van der Waals surface area contributed by atoms with Gasteiger partial charge in [0.05, 0.1) is 10.7 Å². The fraction of sp³-hybridized carbons (Fsp3) is 0.440. The van der Waals surface area contributed by atoms with Gasteiger partial charge < -0.3 is 10.2 Å². The van der Waals surface area contributed by atoms with Gasteiger partial charge in [-0.2, -0.15) is 0 Å². The van der Waals surface area contributed by atoms with Crippen LogP contribution in [0.5, 0.6) is 0 Å². The first-order valence-corrected chi connectivity index (χ1v) is 13.0. The van der Waals surface area contributed by atoms with E-state index in [2.05, 4.69) is 5.32 Å². The molecule has 1 fully saturated rings. The highest BCUT2D eigenvalue weighted by atomic mass is 35.5. The average molecular weight is 504 g/mol. The van der Waals surface area contributed by atoms with E-state index in [0.717, 1.165) is 36.8 Å². The molecule has 0 heterocycles. The summed E-state index contributed by atoms with van der Waals surface area (Å²) in [6, 6.07) is 13.2. The summed E-state index contributed by atoms with van der Waals surface area (Å²) < 4.78 is 0. The summed E-state index contributed by atoms with van der Waals surface area (Å²) in [7, 11) is 0. The summed E-state index contributed by atoms with van der Waals surface area (Å²) in [6.07, 6.45) is 5.39. The normalized spacial score (nSPS) is 14.9. The summed E-state index contributed by atoms with van der Waals surface area (Å²) in [4.78, 5) is 38.2. The molecule has 1 saturated carbocycles. The van der Waals surface area contributed by atoms with E-state index in [0.29, 0.717) is 10.8 Å². The first-order chi connectivity index (χ1) is 16.3. The lowest BCUT2D eigenvalue weighted by atomic mass is 9.95. The van der Waals surface area contributed by atoms with Crippen molar-refractivity contribution >= 4 is 40.9 Å². The third kappa shape index (κ3) is 7.74. The summed E-state index contributed by atoms with van der Waals surface area (Å²) in [6.45, 7) is 2.05. The number of nitro benzene ring substituents is 1. The van der Waals surface area contributed by atoms with Gasteiger partial charge in [0.1, 0.15) is 6.04 Å². The van der Waals surface area contributed by atoms with Gasteiger partial charge in [0, 0.05) is 35.5 Å². The summed E-state index contributed by atoms with van der Waals surface area (Å²) in [5, 5.41) is 14.5. The van der Waals surface area contributed by atoms with Gasteiger partial charge in [-0.05, 0) is 43.0 Å². The second-order valence-corrected chi connectivity index (χ2v) is 10.0. The zero-order valence-electron chi connectivity index (χ0n) is 19.2. The number of carbonyl (C=O) groups is 2. The quantitative estimate of drug-likeness (QED) is 0.348. The van der Waals surface area contributed by atoms with Crippen molar-refractivity contribution in [1.82, 2.24) is 10.2 Å². The second-order valence-electron chi connectivity index (χ2n) is 8.59. The number of rotatable bonds is 10. The number of hydrogen-bond donors (Lipinski definition) is 1. The molecule has 2 aromatic rings. The van der Waals surface area contributed by atoms with E-state index in [1.807, 2.05) is 12.1 Å². The van der Waals surface area contributed by atoms with Gasteiger partial charge in [-0.3, -0.25) is 19.7 Å². The molecule has 1 aliphatic rings. The maximum Gasteiger partial charge on any atom is 0.269 e. The SMILES string of the molecule is C[C@@H](C(=O)NC1CCCCC1)N(Cc1cccc(Cl)c1)C(=O)CSCc1ccc([N+](=O)[O-])cc1. The van der Waals surface area contributed by atoms with Crippen LogP contribution in [0.25, 0.3) is 0 Å². The molecule has 0 aromatic heterocycles. The van der Waals surface area contributed by atoms with Gasteiger partial charge in [0.25, 0.3) is 5.69 Å². The molecular formula is C25H30ClN3O4S. The third-order valence-corrected chi connectivity index (χ3v) is 7.23. The van der Waals surface area contributed by atoms with E-state index in [9.17, 15) is 19.7 Å². The van der Waals surface area contributed by atoms with Gasteiger partial charge >= 0.3 is 0 Å². The molecule has 0 radical (unpaired) electrons. The van der Waals surface area contributed by atoms with Crippen LogP contribution in [0, 0.1) is 10.1 Å². The van der Waals surface area contributed by atoms with Gasteiger partial charge in [-0.25, -0.2) is 0 Å². The Balaban J connectivity index is 1.64. The Morgan fingerprint density at radius 3 is 2.50 bits per heavy atom. The number of nitrogens with zero attached hydrogens (tertiary/aromatic N) is 2. The monoisotopic (exact) mass is 503 g/mol. The van der Waals surface area contributed by atoms with Crippen LogP contribution in [-0.4, -0.2) is 39.5 Å². The van der Waals surface area contributed by atoms with Crippen molar-refractivity contribution in [2.75, 3.05) is 5.75 Å². The van der Waals surface area contributed by atoms with Crippen molar-refractivity contribution in [2.45, 2.75) is 63.4 Å². The van der Waals surface area contributed by atoms with Crippen molar-refractivity contribution in [1.29, 1.82) is 0 Å². The van der Waals surface area contributed by atoms with Crippen molar-refractivity contribution in [3.8, 4) is 0 Å². The number of nitro groups is 1. The number of thioether (sulfide) groups is 1. The molecular weight excluding hydrogens is 474 g/mol. The van der Waals surface area contributed by atoms with Gasteiger partial charge in [-0.15, -0.1) is 11.8 Å². The van der Waals surface area contributed by atoms with E-state index < -0.39 is 11.0 Å². The largest absolute Gasteiger partial charge is 0.352 e. The minimum absolute atomic E-state index is 0.0373. The molecule has 2 aromatic carbocycles. The van der Waals surface area contributed by atoms with E-state index in [-0.39, 0.29) is 35.8 Å². The van der Waals surface area contributed by atoms with E-state index in [4.69, 9.17) is 11.6 Å². The van der Waals surface area contributed by atoms with Gasteiger partial charge in [0.2, 0.25) is 11.8 Å². The smallest absolute Gasteiger partial charge is 0.269 e. The number of non-ortho nitro benzene ring substituents is 1. The van der Waals surface area contributed by atoms with Crippen LogP contribution in [0.4, 0.5) is 5.69 Å². The van der Waals surface area contributed by atoms with Gasteiger partial charge in [-0.1, -0.05) is 55.1 Å². The van der Waals surface area contributed by atoms with Crippen LogP contribution >= 0.6 is 23.4 Å². The van der Waals surface area contributed by atoms with Crippen LogP contribution in [-0.2, 0) is 21.9 Å². The molecule has 1 N–H and O–H groups in total. The maximum absolute atomic E-state index is 13.2. The predicted octanol–water partition coefficient (Wildman–Crippen LogP) is 5.35. The lowest BCUT2D eigenvalue weighted by molar-refractivity contribution is -0.384. The van der Waals surface area contributed by atoms with E-state index >= 15 is 0 Å². The number of hydrogen-bond acceptors (Lipinski definition) is 5. The Morgan fingerprint density at radius 1 is 1.15 bits per heavy atom. The molecule has 2 amide bonds. The first-order valence-electron chi connectivity index (χ1n) is 11.5. The highest BCUT2D eigenvalue weighted by molar-refractivity contribution is 7.99. The summed E-state index contributed by atoms with van der Waals surface area (Å²) in [5.41, 5.74) is 1.79. The van der Waals surface area contributed by atoms with Crippen molar-refractivity contribution in [3.05, 3.63) is 74.8 Å². The number of benzene rings is 2. The van der Waals surface area contributed by atoms with E-state index in [1.165, 1.54) is 30.3 Å². The number of nitrogens with one attached hydrogen (secondary N) is 1. The number of halogens is 1. The Labute approximate surface area is 209 Å². The zero-order valence-corrected chi connectivity index (χ0v) is 20.8. The van der Waals surface area contributed by atoms with Crippen LogP contribution in [0.15, 0.2) is 48.5 Å². The maximum atomic E-state index is 13.2. The predicted molar refractivity (Wildman–Crippen MR) is 136 cm³/mol. The molecule has 3 rings (SSSR count). The highest BCUT2D eigenvalue weighted by Crippen LogP contribution is 2.21. The van der Waals surface area contributed by atoms with Crippen molar-refractivity contribution in [2.24, 2.45) is 0 Å². The topological polar surface area (TPSA) is 92.6 Å². The summed E-state index contributed by atoms with van der Waals surface area (Å²) >= 11 is 7.55. The Bertz CT molecular complexity index is 996. The minimum atomic E-state index is -0.617. The van der Waals surface area contributed by atoms with Crippen LogP contribution < -0.4 is 5.32 Å². The lowest BCUT2D eigenvalue weighted by Gasteiger charge is -2.31. The molecule has 7 nitrogen and oxygen atoms in total. The molecule has 9 heteroatoms. The molecule has 0 spiro atoms. The standard InChI is InChI=1S/C25H30ClN3O4S/c1-18(25(31)27-22-8-3-2-4-9-22)28(15-20-6-5-7-21(26)14-20)24(30)17-34-16-19-10-12-23(13-11-19)29(32)33/h5-7,10-14,18,22H,2-4,8-9,15-17H2,1H3,(H,27,31)/t18-/m0/s1. The molecule has 0 unspecified atom stereocenters. The molecule has 0 aliphatic heterocycles. The summed E-state index contributed by atoms with van der Waals surface area (Å²) in [5.74, 6) is 0.455. The molecule has 34 heavy (non-hydrogen) atoms. The number of carbonyl (C=O) groups excluding carboxylic acids is 2. The molecule has 1 aliphatic carbocycles. The first kappa shape index (κ1) is 26.0. The highest BCUT2D eigenvalue weighted by Gasteiger charge is 2.28. The number of amides is 2. The third-order valence-electron chi connectivity index (χ3n) is 6.00. The fourth-order valence-electron chi connectivity index (χ4n) is 4.04. The molecule has 182 valence electrons. The second kappa shape index (κ2) is 12.8. The molecule has 1 atom stereocenters. The Hall–Kier alpha value is -2.58. The molecule has 0 bridgehead atoms. The van der Waals surface area contributed by atoms with Crippen LogP contribution in [0.1, 0.15) is 50.2 Å². The van der Waals surface area contributed by atoms with Crippen LogP contribution in [0.3, 0.4) is 0 Å². The van der Waals surface area contributed by atoms with Crippen molar-refractivity contribution in [3.63, 3.8) is 0 Å². The van der Waals surface area contributed by atoms with E-state index in [1.54, 1.807) is 36.1 Å². The van der Waals surface area contributed by atoms with Crippen LogP contribution in [0.2, 0.25) is 5.02 Å². The lowest BCUT2D eigenvalue weighted by Crippen LogP contribution is -2.50. The van der Waals surface area contributed by atoms with Crippen molar-refractivity contribution < 1.29 is 14.5 Å².